The molecule has 4 unspecified atom stereocenters. The molecule has 2 aliphatic rings. The summed E-state index contributed by atoms with van der Waals surface area (Å²) >= 11 is 0. The van der Waals surface area contributed by atoms with Crippen LogP contribution in [-0.2, 0) is 0 Å². The van der Waals surface area contributed by atoms with E-state index >= 15 is 0 Å². The van der Waals surface area contributed by atoms with Crippen molar-refractivity contribution in [1.29, 1.82) is 0 Å². The van der Waals surface area contributed by atoms with Crippen LogP contribution < -0.4 is 0 Å². The van der Waals surface area contributed by atoms with E-state index < -0.39 is 0 Å². The highest BCUT2D eigenvalue weighted by atomic mass is 14.5. The number of hydrogen-bond donors (Lipinski definition) is 0. The summed E-state index contributed by atoms with van der Waals surface area (Å²) in [5.74, 6) is 3.78. The first-order valence-electron chi connectivity index (χ1n) is 4.38. The van der Waals surface area contributed by atoms with Crippen LogP contribution in [-0.4, -0.2) is 0 Å². The number of rotatable bonds is 0. The molecule has 56 valence electrons. The van der Waals surface area contributed by atoms with Crippen LogP contribution in [0.2, 0.25) is 0 Å². The summed E-state index contributed by atoms with van der Waals surface area (Å²) in [5.41, 5.74) is 1.66. The largest absolute Gasteiger partial charge is 0.0819 e. The van der Waals surface area contributed by atoms with E-state index in [1.54, 1.807) is 5.57 Å². The van der Waals surface area contributed by atoms with Gasteiger partial charge in [-0.3, -0.25) is 0 Å². The molecule has 0 aliphatic heterocycles. The van der Waals surface area contributed by atoms with Crippen LogP contribution in [0.25, 0.3) is 0 Å². The van der Waals surface area contributed by atoms with Gasteiger partial charge in [0.1, 0.15) is 0 Å². The predicted octanol–water partition coefficient (Wildman–Crippen LogP) is 2.85. The van der Waals surface area contributed by atoms with Crippen LogP contribution in [0.3, 0.4) is 0 Å². The highest BCUT2D eigenvalue weighted by Gasteiger charge is 2.41. The Labute approximate surface area is 63.3 Å². The van der Waals surface area contributed by atoms with E-state index in [2.05, 4.69) is 26.8 Å². The molecule has 1 saturated carbocycles. The summed E-state index contributed by atoms with van der Waals surface area (Å²) in [7, 11) is 0. The van der Waals surface area contributed by atoms with Crippen molar-refractivity contribution in [2.24, 2.45) is 23.7 Å². The minimum Gasteiger partial charge on any atom is -0.0819 e. The zero-order valence-corrected chi connectivity index (χ0v) is 7.09. The molecule has 0 amide bonds. The Morgan fingerprint density at radius 3 is 2.40 bits per heavy atom. The molecule has 0 heterocycles. The molecule has 0 heteroatoms. The lowest BCUT2D eigenvalue weighted by atomic mass is 9.82. The van der Waals surface area contributed by atoms with Gasteiger partial charge in [0.25, 0.3) is 0 Å². The maximum Gasteiger partial charge on any atom is -0.0172 e. The molecule has 0 spiro atoms. The second-order valence-electron chi connectivity index (χ2n) is 4.13. The Balaban J connectivity index is 2.29. The molecule has 0 nitrogen and oxygen atoms in total. The van der Waals surface area contributed by atoms with E-state index in [0.717, 1.165) is 23.7 Å². The third-order valence-corrected chi connectivity index (χ3v) is 3.73. The van der Waals surface area contributed by atoms with Gasteiger partial charge < -0.3 is 0 Å². The van der Waals surface area contributed by atoms with Crippen molar-refractivity contribution in [3.8, 4) is 0 Å². The van der Waals surface area contributed by atoms with Crippen LogP contribution >= 0.6 is 0 Å². The molecule has 2 aliphatic carbocycles. The van der Waals surface area contributed by atoms with Gasteiger partial charge in [-0.15, -0.1) is 0 Å². The van der Waals surface area contributed by atoms with Gasteiger partial charge in [0.15, 0.2) is 0 Å². The average molecular weight is 136 g/mol. The first kappa shape index (κ1) is 6.45. The van der Waals surface area contributed by atoms with Crippen molar-refractivity contribution in [2.75, 3.05) is 0 Å². The van der Waals surface area contributed by atoms with E-state index in [9.17, 15) is 0 Å². The minimum absolute atomic E-state index is 0.931. The van der Waals surface area contributed by atoms with Gasteiger partial charge in [-0.2, -0.15) is 0 Å². The summed E-state index contributed by atoms with van der Waals surface area (Å²) < 4.78 is 0. The van der Waals surface area contributed by atoms with Gasteiger partial charge >= 0.3 is 0 Å². The van der Waals surface area contributed by atoms with Crippen LogP contribution in [0, 0.1) is 23.7 Å². The molecule has 0 N–H and O–H groups in total. The number of allylic oxidation sites excluding steroid dienone is 2. The Kier molecular flexibility index (Phi) is 1.21. The molecule has 0 aromatic heterocycles. The average Bonchev–Trinajstić information content (AvgIpc) is 2.36. The molecule has 2 rings (SSSR count). The molecular formula is C10H16. The number of hydrogen-bond acceptors (Lipinski definition) is 0. The minimum atomic E-state index is 0.931. The summed E-state index contributed by atoms with van der Waals surface area (Å²) in [6.45, 7) is 7.11. The lowest BCUT2D eigenvalue weighted by molar-refractivity contribution is 0.354. The van der Waals surface area contributed by atoms with Crippen LogP contribution in [0.4, 0.5) is 0 Å². The fourth-order valence-corrected chi connectivity index (χ4v) is 2.76. The zero-order valence-electron chi connectivity index (χ0n) is 7.09. The van der Waals surface area contributed by atoms with E-state index in [1.807, 2.05) is 0 Å². The Morgan fingerprint density at radius 2 is 2.00 bits per heavy atom. The van der Waals surface area contributed by atoms with Gasteiger partial charge in [-0.05, 0) is 37.0 Å². The molecule has 0 saturated heterocycles. The van der Waals surface area contributed by atoms with Crippen molar-refractivity contribution < 1.29 is 0 Å². The molecule has 0 aromatic carbocycles. The molecule has 2 bridgehead atoms. The molecule has 0 radical (unpaired) electrons. The van der Waals surface area contributed by atoms with Crippen LogP contribution in [0.1, 0.15) is 27.2 Å². The SMILES string of the molecule is CC1=CC2CC1C(C)C2C. The van der Waals surface area contributed by atoms with E-state index in [4.69, 9.17) is 0 Å². The van der Waals surface area contributed by atoms with Gasteiger partial charge in [-0.25, -0.2) is 0 Å². The summed E-state index contributed by atoms with van der Waals surface area (Å²) in [4.78, 5) is 0. The van der Waals surface area contributed by atoms with E-state index in [0.29, 0.717) is 0 Å². The highest BCUT2D eigenvalue weighted by Crippen LogP contribution is 2.50. The van der Waals surface area contributed by atoms with Gasteiger partial charge in [-0.1, -0.05) is 25.5 Å². The maximum absolute atomic E-state index is 2.50. The zero-order chi connectivity index (χ0) is 7.30. The molecular weight excluding hydrogens is 120 g/mol. The van der Waals surface area contributed by atoms with Crippen molar-refractivity contribution in [3.05, 3.63) is 11.6 Å². The van der Waals surface area contributed by atoms with Gasteiger partial charge in [0.05, 0.1) is 0 Å². The van der Waals surface area contributed by atoms with Gasteiger partial charge in [0.2, 0.25) is 0 Å². The molecule has 4 atom stereocenters. The van der Waals surface area contributed by atoms with Crippen LogP contribution in [0.15, 0.2) is 11.6 Å². The summed E-state index contributed by atoms with van der Waals surface area (Å²) in [6, 6.07) is 0. The van der Waals surface area contributed by atoms with Crippen molar-refractivity contribution in [3.63, 3.8) is 0 Å². The fourth-order valence-electron chi connectivity index (χ4n) is 2.76. The van der Waals surface area contributed by atoms with Crippen LogP contribution in [0.5, 0.6) is 0 Å². The summed E-state index contributed by atoms with van der Waals surface area (Å²) in [6.07, 6.45) is 3.95. The topological polar surface area (TPSA) is 0 Å². The molecule has 10 heavy (non-hydrogen) atoms. The first-order valence-corrected chi connectivity index (χ1v) is 4.38. The number of fused-ring (bicyclic) bond motifs is 2. The third-order valence-electron chi connectivity index (χ3n) is 3.73. The lowest BCUT2D eigenvalue weighted by Gasteiger charge is -2.23. The lowest BCUT2D eigenvalue weighted by Crippen LogP contribution is -2.15. The van der Waals surface area contributed by atoms with Gasteiger partial charge in [0, 0.05) is 0 Å². The summed E-state index contributed by atoms with van der Waals surface area (Å²) in [5, 5.41) is 0. The van der Waals surface area contributed by atoms with Crippen molar-refractivity contribution >= 4 is 0 Å². The van der Waals surface area contributed by atoms with Crippen molar-refractivity contribution in [2.45, 2.75) is 27.2 Å². The fraction of sp³-hybridized carbons (Fsp3) is 0.800. The monoisotopic (exact) mass is 136 g/mol. The Morgan fingerprint density at radius 1 is 1.30 bits per heavy atom. The normalized spacial score (nSPS) is 51.7. The Hall–Kier alpha value is -0.260. The second-order valence-corrected chi connectivity index (χ2v) is 4.13. The van der Waals surface area contributed by atoms with Crippen molar-refractivity contribution in [1.82, 2.24) is 0 Å². The maximum atomic E-state index is 2.50. The standard InChI is InChI=1S/C10H16/c1-6-4-9-5-10(6)8(3)7(9)2/h4,7-10H,5H2,1-3H3. The second kappa shape index (κ2) is 1.87. The highest BCUT2D eigenvalue weighted by molar-refractivity contribution is 5.20. The first-order chi connectivity index (χ1) is 4.70. The smallest absolute Gasteiger partial charge is 0.0172 e. The molecule has 1 fully saturated rings. The predicted molar refractivity (Wildman–Crippen MR) is 43.7 cm³/mol. The van der Waals surface area contributed by atoms with E-state index in [-0.39, 0.29) is 0 Å². The van der Waals surface area contributed by atoms with E-state index in [1.165, 1.54) is 6.42 Å². The molecule has 0 aromatic rings. The Bertz CT molecular complexity index is 178. The quantitative estimate of drug-likeness (QED) is 0.449. The third kappa shape index (κ3) is 0.624.